The van der Waals surface area contributed by atoms with Crippen molar-refractivity contribution < 1.29 is 34.0 Å². The summed E-state index contributed by atoms with van der Waals surface area (Å²) in [5.41, 5.74) is 5.40. The van der Waals surface area contributed by atoms with Gasteiger partial charge < -0.3 is 26.8 Å². The van der Waals surface area contributed by atoms with E-state index < -0.39 is 58.9 Å². The first-order valence-corrected chi connectivity index (χ1v) is 12.9. The number of hydrogen-bond acceptors (Lipinski definition) is 8. The summed E-state index contributed by atoms with van der Waals surface area (Å²) in [6.45, 7) is 3.48. The average molecular weight is 558 g/mol. The standard InChI is InChI=1S/C25H27N5O8S/c1-3-12(2)21-24(34)28-18(10-20(26)31)23(33)27-17-8-13(25(35)36)4-5-14(17)11-39-19-7-6-15(30(37)38)9-16(19)22(32)29-21/h4-9,12,18,21H,3,10-11H2,1-2H3,(H2,26,31)(H,27,33)(H,28,34)(H,29,32)(H,35,36)/t12-,18-,21-/m0/s1. The van der Waals surface area contributed by atoms with Crippen LogP contribution in [-0.2, 0) is 20.1 Å². The van der Waals surface area contributed by atoms with Crippen LogP contribution in [0.1, 0.15) is 53.0 Å². The van der Waals surface area contributed by atoms with Gasteiger partial charge in [-0.1, -0.05) is 26.3 Å². The summed E-state index contributed by atoms with van der Waals surface area (Å²) in [4.78, 5) is 74.3. The molecule has 3 atom stereocenters. The summed E-state index contributed by atoms with van der Waals surface area (Å²) < 4.78 is 0. The highest BCUT2D eigenvalue weighted by atomic mass is 32.2. The largest absolute Gasteiger partial charge is 0.478 e. The molecule has 0 aromatic heterocycles. The number of hydrogen-bond donors (Lipinski definition) is 5. The highest BCUT2D eigenvalue weighted by Crippen LogP contribution is 2.32. The summed E-state index contributed by atoms with van der Waals surface area (Å²) in [5.74, 6) is -4.73. The minimum Gasteiger partial charge on any atom is -0.478 e. The van der Waals surface area contributed by atoms with E-state index >= 15 is 0 Å². The first-order valence-electron chi connectivity index (χ1n) is 11.9. The smallest absolute Gasteiger partial charge is 0.335 e. The van der Waals surface area contributed by atoms with Gasteiger partial charge in [0.1, 0.15) is 12.1 Å². The predicted octanol–water partition coefficient (Wildman–Crippen LogP) is 2.04. The number of carboxylic acids is 1. The van der Waals surface area contributed by atoms with Crippen molar-refractivity contribution in [2.75, 3.05) is 5.32 Å². The molecule has 39 heavy (non-hydrogen) atoms. The number of nitro benzene ring substituents is 1. The molecule has 0 saturated carbocycles. The molecule has 4 amide bonds. The van der Waals surface area contributed by atoms with Crippen LogP contribution >= 0.6 is 11.8 Å². The molecule has 13 nitrogen and oxygen atoms in total. The maximum atomic E-state index is 13.4. The molecule has 6 N–H and O–H groups in total. The Bertz CT molecular complexity index is 1350. The number of primary amides is 1. The number of thioether (sulfide) groups is 1. The molecule has 2 aromatic rings. The van der Waals surface area contributed by atoms with Crippen LogP contribution in [-0.4, -0.2) is 51.7 Å². The minimum atomic E-state index is -1.43. The molecule has 1 aliphatic rings. The molecule has 2 aromatic carbocycles. The molecule has 0 spiro atoms. The zero-order valence-electron chi connectivity index (χ0n) is 21.1. The van der Waals surface area contributed by atoms with Crippen LogP contribution in [0.4, 0.5) is 11.4 Å². The molecule has 0 bridgehead atoms. The molecule has 0 saturated heterocycles. The Morgan fingerprint density at radius 3 is 2.49 bits per heavy atom. The number of nitro groups is 1. The summed E-state index contributed by atoms with van der Waals surface area (Å²) in [7, 11) is 0. The van der Waals surface area contributed by atoms with Gasteiger partial charge >= 0.3 is 5.97 Å². The predicted molar refractivity (Wildman–Crippen MR) is 141 cm³/mol. The molecule has 1 heterocycles. The van der Waals surface area contributed by atoms with E-state index in [4.69, 9.17) is 5.73 Å². The number of aromatic carboxylic acids is 1. The van der Waals surface area contributed by atoms with Crippen LogP contribution < -0.4 is 21.7 Å². The number of nitrogens with two attached hydrogens (primary N) is 1. The van der Waals surface area contributed by atoms with Gasteiger partial charge in [0.2, 0.25) is 17.7 Å². The Kier molecular flexibility index (Phi) is 9.24. The number of non-ortho nitro benzene ring substituents is 1. The van der Waals surface area contributed by atoms with E-state index in [0.29, 0.717) is 16.9 Å². The van der Waals surface area contributed by atoms with Crippen molar-refractivity contribution in [2.24, 2.45) is 11.7 Å². The Morgan fingerprint density at radius 1 is 1.15 bits per heavy atom. The van der Waals surface area contributed by atoms with Gasteiger partial charge in [0.15, 0.2) is 0 Å². The normalized spacial score (nSPS) is 18.8. The number of carbonyl (C=O) groups excluding carboxylic acids is 4. The van der Waals surface area contributed by atoms with E-state index in [1.165, 1.54) is 30.3 Å². The topological polar surface area (TPSA) is 211 Å². The number of carbonyl (C=O) groups is 5. The van der Waals surface area contributed by atoms with Crippen LogP contribution in [0.2, 0.25) is 0 Å². The molecular weight excluding hydrogens is 530 g/mol. The Morgan fingerprint density at radius 2 is 1.87 bits per heavy atom. The molecular formula is C25H27N5O8S. The lowest BCUT2D eigenvalue weighted by atomic mass is 9.97. The molecule has 0 unspecified atom stereocenters. The summed E-state index contributed by atoms with van der Waals surface area (Å²) in [5, 5.41) is 28.5. The van der Waals surface area contributed by atoms with Gasteiger partial charge in [0, 0.05) is 28.5 Å². The maximum absolute atomic E-state index is 13.4. The van der Waals surface area contributed by atoms with Crippen LogP contribution in [0.5, 0.6) is 0 Å². The van der Waals surface area contributed by atoms with Crippen molar-refractivity contribution in [2.45, 2.75) is 49.4 Å². The number of anilines is 1. The van der Waals surface area contributed by atoms with Crippen molar-refractivity contribution in [1.82, 2.24) is 10.6 Å². The second-order valence-electron chi connectivity index (χ2n) is 8.96. The minimum absolute atomic E-state index is 0.0335. The fraction of sp³-hybridized carbons (Fsp3) is 0.320. The van der Waals surface area contributed by atoms with Crippen molar-refractivity contribution in [3.05, 3.63) is 63.2 Å². The summed E-state index contributed by atoms with van der Waals surface area (Å²) in [6.07, 6.45) is -0.108. The zero-order chi connectivity index (χ0) is 28.9. The first kappa shape index (κ1) is 29.1. The lowest BCUT2D eigenvalue weighted by Gasteiger charge is -2.27. The Balaban J connectivity index is 2.17. The fourth-order valence-corrected chi connectivity index (χ4v) is 4.89. The lowest BCUT2D eigenvalue weighted by molar-refractivity contribution is -0.384. The summed E-state index contributed by atoms with van der Waals surface area (Å²) in [6, 6.07) is 5.22. The van der Waals surface area contributed by atoms with E-state index in [-0.39, 0.29) is 28.3 Å². The number of fused-ring (bicyclic) bond motifs is 2. The van der Waals surface area contributed by atoms with Crippen molar-refractivity contribution in [3.8, 4) is 0 Å². The monoisotopic (exact) mass is 557 g/mol. The highest BCUT2D eigenvalue weighted by Gasteiger charge is 2.32. The number of carboxylic acid groups (broad SMARTS) is 1. The maximum Gasteiger partial charge on any atom is 0.335 e. The van der Waals surface area contributed by atoms with Gasteiger partial charge in [0.25, 0.3) is 11.6 Å². The highest BCUT2D eigenvalue weighted by molar-refractivity contribution is 7.98. The average Bonchev–Trinajstić information content (AvgIpc) is 2.88. The first-order chi connectivity index (χ1) is 18.4. The second-order valence-corrected chi connectivity index (χ2v) is 9.98. The van der Waals surface area contributed by atoms with Crippen molar-refractivity contribution >= 4 is 52.7 Å². The lowest BCUT2D eigenvalue weighted by Crippen LogP contribution is -2.55. The third-order valence-electron chi connectivity index (χ3n) is 6.24. The van der Waals surface area contributed by atoms with E-state index in [9.17, 15) is 39.2 Å². The van der Waals surface area contributed by atoms with Gasteiger partial charge in [-0.3, -0.25) is 29.3 Å². The quantitative estimate of drug-likeness (QED) is 0.259. The number of benzene rings is 2. The Labute approximate surface area is 227 Å². The molecule has 206 valence electrons. The molecule has 1 aliphatic heterocycles. The second kappa shape index (κ2) is 12.4. The van der Waals surface area contributed by atoms with Crippen molar-refractivity contribution in [3.63, 3.8) is 0 Å². The molecule has 0 fully saturated rings. The molecule has 0 aliphatic carbocycles. The summed E-state index contributed by atoms with van der Waals surface area (Å²) >= 11 is 1.13. The van der Waals surface area contributed by atoms with E-state index in [0.717, 1.165) is 17.8 Å². The number of rotatable bonds is 6. The molecule has 0 radical (unpaired) electrons. The van der Waals surface area contributed by atoms with Crippen molar-refractivity contribution in [1.29, 1.82) is 0 Å². The van der Waals surface area contributed by atoms with Crippen LogP contribution in [0, 0.1) is 16.0 Å². The van der Waals surface area contributed by atoms with Gasteiger partial charge in [-0.15, -0.1) is 11.8 Å². The zero-order valence-corrected chi connectivity index (χ0v) is 21.9. The van der Waals surface area contributed by atoms with Gasteiger partial charge in [-0.25, -0.2) is 4.79 Å². The van der Waals surface area contributed by atoms with Crippen LogP contribution in [0.15, 0.2) is 41.3 Å². The molecule has 3 rings (SSSR count). The number of amides is 4. The van der Waals surface area contributed by atoms with Gasteiger partial charge in [0.05, 0.1) is 22.5 Å². The van der Waals surface area contributed by atoms with Gasteiger partial charge in [-0.05, 0) is 29.7 Å². The van der Waals surface area contributed by atoms with Crippen LogP contribution in [0.25, 0.3) is 0 Å². The van der Waals surface area contributed by atoms with Gasteiger partial charge in [-0.2, -0.15) is 0 Å². The third kappa shape index (κ3) is 7.10. The molecule has 14 heteroatoms. The third-order valence-corrected chi connectivity index (χ3v) is 7.36. The number of nitrogens with zero attached hydrogens (tertiary/aromatic N) is 1. The van der Waals surface area contributed by atoms with Crippen LogP contribution in [0.3, 0.4) is 0 Å². The number of nitrogens with one attached hydrogen (secondary N) is 3. The SMILES string of the molecule is CC[C@H](C)[C@@H]1NC(=O)c2cc([N+](=O)[O-])ccc2SCc2ccc(C(=O)O)cc2NC(=O)[C@H](CC(N)=O)NC1=O. The van der Waals surface area contributed by atoms with E-state index in [1.54, 1.807) is 13.8 Å². The Hall–Kier alpha value is -4.46. The van der Waals surface area contributed by atoms with E-state index in [2.05, 4.69) is 16.0 Å². The van der Waals surface area contributed by atoms with E-state index in [1.807, 2.05) is 0 Å². The fourth-order valence-electron chi connectivity index (χ4n) is 3.85.